The highest BCUT2D eigenvalue weighted by Gasteiger charge is 2.27. The van der Waals surface area contributed by atoms with E-state index >= 15 is 0 Å². The Kier molecular flexibility index (Phi) is 4.49. The lowest BCUT2D eigenvalue weighted by atomic mass is 10.0. The number of nitrogens with zero attached hydrogens (tertiary/aromatic N) is 5. The molecule has 2 aromatic heterocycles. The first-order valence-corrected chi connectivity index (χ1v) is 8.66. The minimum absolute atomic E-state index is 0.00862. The van der Waals surface area contributed by atoms with Crippen LogP contribution in [0.5, 0.6) is 0 Å². The second kappa shape index (κ2) is 7.09. The van der Waals surface area contributed by atoms with Crippen molar-refractivity contribution in [2.75, 3.05) is 13.1 Å². The zero-order valence-electron chi connectivity index (χ0n) is 14.2. The Bertz CT molecular complexity index is 880. The fourth-order valence-electron chi connectivity index (χ4n) is 3.34. The molecule has 2 N–H and O–H groups in total. The van der Waals surface area contributed by atoms with E-state index < -0.39 is 0 Å². The summed E-state index contributed by atoms with van der Waals surface area (Å²) in [5, 5.41) is 24.1. The lowest BCUT2D eigenvalue weighted by molar-refractivity contribution is 0.0690. The first-order chi connectivity index (χ1) is 12.8. The van der Waals surface area contributed by atoms with Crippen LogP contribution >= 0.6 is 0 Å². The van der Waals surface area contributed by atoms with Crippen molar-refractivity contribution in [3.8, 4) is 11.3 Å². The van der Waals surface area contributed by atoms with Crippen LogP contribution in [0.1, 0.15) is 34.9 Å². The van der Waals surface area contributed by atoms with Gasteiger partial charge in [-0.15, -0.1) is 5.10 Å². The lowest BCUT2D eigenvalue weighted by Crippen LogP contribution is -2.39. The molecule has 4 rings (SSSR count). The Morgan fingerprint density at radius 2 is 2.00 bits per heavy atom. The van der Waals surface area contributed by atoms with Gasteiger partial charge in [0.05, 0.1) is 36.3 Å². The zero-order valence-corrected chi connectivity index (χ0v) is 14.2. The highest BCUT2D eigenvalue weighted by molar-refractivity contribution is 5.99. The molecule has 134 valence electrons. The van der Waals surface area contributed by atoms with Crippen LogP contribution in [0.15, 0.2) is 42.7 Å². The Morgan fingerprint density at radius 1 is 1.23 bits per heavy atom. The molecule has 1 aliphatic heterocycles. The topological polar surface area (TPSA) is 99.9 Å². The van der Waals surface area contributed by atoms with Crippen LogP contribution in [-0.4, -0.2) is 54.2 Å². The van der Waals surface area contributed by atoms with Crippen LogP contribution in [0.4, 0.5) is 0 Å². The molecule has 0 unspecified atom stereocenters. The van der Waals surface area contributed by atoms with E-state index in [4.69, 9.17) is 5.11 Å². The van der Waals surface area contributed by atoms with Crippen LogP contribution in [0.2, 0.25) is 0 Å². The summed E-state index contributed by atoms with van der Waals surface area (Å²) in [5.41, 5.74) is 2.86. The van der Waals surface area contributed by atoms with Gasteiger partial charge in [-0.1, -0.05) is 35.5 Å². The van der Waals surface area contributed by atoms with Crippen molar-refractivity contribution in [3.05, 3.63) is 54.0 Å². The van der Waals surface area contributed by atoms with Crippen LogP contribution < -0.4 is 0 Å². The van der Waals surface area contributed by atoms with Gasteiger partial charge < -0.3 is 10.0 Å². The van der Waals surface area contributed by atoms with E-state index in [2.05, 4.69) is 20.5 Å². The summed E-state index contributed by atoms with van der Waals surface area (Å²) in [6, 6.07) is 9.94. The third kappa shape index (κ3) is 3.11. The maximum absolute atomic E-state index is 12.9. The molecule has 26 heavy (non-hydrogen) atoms. The molecule has 8 nitrogen and oxygen atoms in total. The number of benzene rings is 1. The van der Waals surface area contributed by atoms with Crippen molar-refractivity contribution in [2.45, 2.75) is 25.5 Å². The van der Waals surface area contributed by atoms with Gasteiger partial charge >= 0.3 is 0 Å². The van der Waals surface area contributed by atoms with Crippen LogP contribution in [0.25, 0.3) is 11.3 Å². The third-order valence-electron chi connectivity index (χ3n) is 4.78. The van der Waals surface area contributed by atoms with Crippen LogP contribution in [0.3, 0.4) is 0 Å². The van der Waals surface area contributed by atoms with Crippen LogP contribution in [-0.2, 0) is 6.61 Å². The summed E-state index contributed by atoms with van der Waals surface area (Å²) in [5.74, 6) is -0.00862. The van der Waals surface area contributed by atoms with Crippen molar-refractivity contribution in [2.24, 2.45) is 0 Å². The smallest absolute Gasteiger partial charge is 0.257 e. The van der Waals surface area contributed by atoms with E-state index in [9.17, 15) is 4.79 Å². The largest absolute Gasteiger partial charge is 0.390 e. The summed E-state index contributed by atoms with van der Waals surface area (Å²) in [7, 11) is 0. The first kappa shape index (κ1) is 16.5. The summed E-state index contributed by atoms with van der Waals surface area (Å²) >= 11 is 0. The quantitative estimate of drug-likeness (QED) is 0.743. The van der Waals surface area contributed by atoms with Gasteiger partial charge in [0.2, 0.25) is 0 Å². The van der Waals surface area contributed by atoms with Gasteiger partial charge in [-0.2, -0.15) is 5.10 Å². The first-order valence-electron chi connectivity index (χ1n) is 8.66. The molecule has 1 saturated heterocycles. The number of aliphatic hydroxyl groups excluding tert-OH is 1. The van der Waals surface area contributed by atoms with Gasteiger partial charge in [-0.05, 0) is 12.8 Å². The molecule has 0 bridgehead atoms. The molecule has 8 heteroatoms. The number of nitrogens with one attached hydrogen (secondary N) is 1. The molecule has 1 fully saturated rings. The number of H-pyrrole nitrogens is 1. The van der Waals surface area contributed by atoms with E-state index in [1.165, 1.54) is 0 Å². The number of piperidine rings is 1. The Labute approximate surface area is 150 Å². The van der Waals surface area contributed by atoms with Crippen molar-refractivity contribution >= 4 is 5.91 Å². The number of aromatic amines is 1. The number of hydrogen-bond acceptors (Lipinski definition) is 5. The van der Waals surface area contributed by atoms with Gasteiger partial charge in [0.1, 0.15) is 5.69 Å². The van der Waals surface area contributed by atoms with Crippen molar-refractivity contribution in [1.82, 2.24) is 30.1 Å². The molecule has 1 aromatic carbocycles. The van der Waals surface area contributed by atoms with E-state index in [-0.39, 0.29) is 18.6 Å². The normalized spacial score (nSPS) is 15.3. The Morgan fingerprint density at radius 3 is 2.69 bits per heavy atom. The van der Waals surface area contributed by atoms with Gasteiger partial charge in [-0.25, -0.2) is 4.68 Å². The monoisotopic (exact) mass is 352 g/mol. The minimum Gasteiger partial charge on any atom is -0.390 e. The predicted octanol–water partition coefficient (Wildman–Crippen LogP) is 1.64. The van der Waals surface area contributed by atoms with Crippen molar-refractivity contribution < 1.29 is 9.90 Å². The Hall–Kier alpha value is -3.00. The number of amides is 1. The molecule has 3 heterocycles. The molecule has 0 radical (unpaired) electrons. The highest BCUT2D eigenvalue weighted by Crippen LogP contribution is 2.26. The molecule has 0 spiro atoms. The summed E-state index contributed by atoms with van der Waals surface area (Å²) < 4.78 is 1.79. The average molecular weight is 352 g/mol. The van der Waals surface area contributed by atoms with Gasteiger partial charge in [0, 0.05) is 18.7 Å². The Balaban J connectivity index is 1.45. The molecule has 1 aliphatic rings. The summed E-state index contributed by atoms with van der Waals surface area (Å²) in [6.45, 7) is 1.19. The minimum atomic E-state index is -0.111. The molecule has 0 aliphatic carbocycles. The molecular formula is C18H20N6O2. The fraction of sp³-hybridized carbons (Fsp3) is 0.333. The average Bonchev–Trinajstić information content (AvgIpc) is 3.38. The van der Waals surface area contributed by atoms with E-state index in [1.807, 2.05) is 35.2 Å². The maximum atomic E-state index is 12.9. The zero-order chi connectivity index (χ0) is 17.9. The SMILES string of the molecule is O=C(c1cn[nH]c1-c1ccccc1)N1CCC(n2cc(CO)nn2)CC1. The standard InChI is InChI=1S/C18H20N6O2/c25-12-14-11-24(22-20-14)15-6-8-23(9-7-15)18(26)16-10-19-21-17(16)13-4-2-1-3-5-13/h1-5,10-11,15,25H,6-9,12H2,(H,19,21). The number of carbonyl (C=O) groups excluding carboxylic acids is 1. The van der Waals surface area contributed by atoms with Crippen molar-refractivity contribution in [3.63, 3.8) is 0 Å². The lowest BCUT2D eigenvalue weighted by Gasteiger charge is -2.31. The maximum Gasteiger partial charge on any atom is 0.257 e. The molecule has 1 amide bonds. The predicted molar refractivity (Wildman–Crippen MR) is 94.1 cm³/mol. The molecule has 0 saturated carbocycles. The molecule has 0 atom stereocenters. The number of aliphatic hydroxyl groups is 1. The van der Waals surface area contributed by atoms with E-state index in [0.29, 0.717) is 24.3 Å². The number of rotatable bonds is 4. The molecule has 3 aromatic rings. The molecular weight excluding hydrogens is 332 g/mol. The number of carbonyl (C=O) groups is 1. The number of likely N-dealkylation sites (tertiary alicyclic amines) is 1. The second-order valence-corrected chi connectivity index (χ2v) is 6.40. The van der Waals surface area contributed by atoms with E-state index in [1.54, 1.807) is 17.1 Å². The van der Waals surface area contributed by atoms with Gasteiger partial charge in [0.15, 0.2) is 0 Å². The number of hydrogen-bond donors (Lipinski definition) is 2. The number of aromatic nitrogens is 5. The highest BCUT2D eigenvalue weighted by atomic mass is 16.3. The van der Waals surface area contributed by atoms with Crippen LogP contribution in [0, 0.1) is 0 Å². The van der Waals surface area contributed by atoms with Crippen molar-refractivity contribution in [1.29, 1.82) is 0 Å². The third-order valence-corrected chi connectivity index (χ3v) is 4.78. The summed E-state index contributed by atoms with van der Waals surface area (Å²) in [6.07, 6.45) is 4.98. The fourth-order valence-corrected chi connectivity index (χ4v) is 3.34. The summed E-state index contributed by atoms with van der Waals surface area (Å²) in [4.78, 5) is 14.8. The van der Waals surface area contributed by atoms with Gasteiger partial charge in [0.25, 0.3) is 5.91 Å². The van der Waals surface area contributed by atoms with Gasteiger partial charge in [-0.3, -0.25) is 9.89 Å². The second-order valence-electron chi connectivity index (χ2n) is 6.40. The van der Waals surface area contributed by atoms with E-state index in [0.717, 1.165) is 24.1 Å².